The topological polar surface area (TPSA) is 75.9 Å². The highest BCUT2D eigenvalue weighted by Crippen LogP contribution is 2.14. The zero-order chi connectivity index (χ0) is 20.1. The second-order valence-electron chi connectivity index (χ2n) is 7.04. The molecular formula is C20H23FN6OS. The minimum absolute atomic E-state index is 0.0816. The summed E-state index contributed by atoms with van der Waals surface area (Å²) in [6.45, 7) is 4.07. The van der Waals surface area contributed by atoms with Gasteiger partial charge < -0.3 is 9.88 Å². The molecule has 1 N–H and O–H groups in total. The Morgan fingerprint density at radius 2 is 2.03 bits per heavy atom. The summed E-state index contributed by atoms with van der Waals surface area (Å²) in [5, 5.41) is 14.7. The molecule has 2 aromatic heterocycles. The number of aromatic nitrogens is 4. The number of amides is 1. The van der Waals surface area contributed by atoms with Crippen LogP contribution in [-0.4, -0.2) is 50.2 Å². The lowest BCUT2D eigenvalue weighted by Crippen LogP contribution is -2.28. The first-order valence-electron chi connectivity index (χ1n) is 9.70. The van der Waals surface area contributed by atoms with Gasteiger partial charge in [0.15, 0.2) is 0 Å². The van der Waals surface area contributed by atoms with E-state index in [0.717, 1.165) is 54.8 Å². The lowest BCUT2D eigenvalue weighted by molar-refractivity contribution is -0.120. The fraction of sp³-hybridized carbons (Fsp3) is 0.400. The number of hydrogen-bond donors (Lipinski definition) is 1. The molecule has 1 aliphatic heterocycles. The maximum Gasteiger partial charge on any atom is 0.224 e. The molecule has 0 saturated heterocycles. The van der Waals surface area contributed by atoms with Gasteiger partial charge in [-0.05, 0) is 17.7 Å². The van der Waals surface area contributed by atoms with Crippen molar-refractivity contribution in [1.29, 1.82) is 0 Å². The minimum atomic E-state index is -0.299. The Morgan fingerprint density at radius 3 is 2.83 bits per heavy atom. The Kier molecular flexibility index (Phi) is 6.26. The van der Waals surface area contributed by atoms with Crippen molar-refractivity contribution in [3.63, 3.8) is 0 Å². The van der Waals surface area contributed by atoms with Gasteiger partial charge in [0.2, 0.25) is 5.91 Å². The molecule has 3 heterocycles. The average Bonchev–Trinajstić information content (AvgIpc) is 3.31. The largest absolute Gasteiger partial charge is 0.355 e. The van der Waals surface area contributed by atoms with Gasteiger partial charge in [-0.15, -0.1) is 21.5 Å². The van der Waals surface area contributed by atoms with E-state index in [2.05, 4.69) is 30.0 Å². The van der Waals surface area contributed by atoms with E-state index in [1.54, 1.807) is 23.5 Å². The highest BCUT2D eigenvalue weighted by atomic mass is 32.1. The lowest BCUT2D eigenvalue weighted by atomic mass is 10.1. The van der Waals surface area contributed by atoms with Crippen LogP contribution >= 0.6 is 11.3 Å². The molecule has 1 aromatic carbocycles. The van der Waals surface area contributed by atoms with E-state index in [1.165, 1.54) is 12.1 Å². The average molecular weight is 415 g/mol. The fourth-order valence-corrected chi connectivity index (χ4v) is 4.11. The number of nitrogens with one attached hydrogen (secondary N) is 1. The van der Waals surface area contributed by atoms with Crippen molar-refractivity contribution in [1.82, 2.24) is 30.0 Å². The van der Waals surface area contributed by atoms with Crippen molar-refractivity contribution in [3.8, 4) is 0 Å². The number of carbonyl (C=O) groups is 1. The molecule has 1 aliphatic rings. The molecule has 0 fully saturated rings. The fourth-order valence-electron chi connectivity index (χ4n) is 3.46. The van der Waals surface area contributed by atoms with E-state index in [-0.39, 0.29) is 18.1 Å². The third kappa shape index (κ3) is 5.24. The number of halogens is 1. The van der Waals surface area contributed by atoms with Crippen molar-refractivity contribution < 1.29 is 9.18 Å². The molecule has 3 aromatic rings. The van der Waals surface area contributed by atoms with Gasteiger partial charge in [0.25, 0.3) is 0 Å². The van der Waals surface area contributed by atoms with E-state index in [1.807, 2.05) is 11.6 Å². The highest BCUT2D eigenvalue weighted by molar-refractivity contribution is 7.09. The van der Waals surface area contributed by atoms with Crippen LogP contribution in [0.2, 0.25) is 0 Å². The second kappa shape index (κ2) is 9.23. The summed E-state index contributed by atoms with van der Waals surface area (Å²) in [7, 11) is 0. The van der Waals surface area contributed by atoms with Crippen molar-refractivity contribution >= 4 is 17.2 Å². The number of thiazole rings is 1. The molecule has 152 valence electrons. The lowest BCUT2D eigenvalue weighted by Gasteiger charge is -2.17. The maximum atomic E-state index is 12.9. The van der Waals surface area contributed by atoms with Gasteiger partial charge in [0.05, 0.1) is 13.0 Å². The summed E-state index contributed by atoms with van der Waals surface area (Å²) in [5.74, 6) is 1.52. The molecule has 7 nitrogen and oxygen atoms in total. The third-order valence-electron chi connectivity index (χ3n) is 4.99. The molecule has 0 aliphatic carbocycles. The monoisotopic (exact) mass is 414 g/mol. The van der Waals surface area contributed by atoms with Crippen LogP contribution in [0.4, 0.5) is 4.39 Å². The smallest absolute Gasteiger partial charge is 0.224 e. The summed E-state index contributed by atoms with van der Waals surface area (Å²) in [5.41, 5.74) is 0.792. The van der Waals surface area contributed by atoms with Gasteiger partial charge >= 0.3 is 0 Å². The quantitative estimate of drug-likeness (QED) is 0.638. The standard InChI is InChI=1S/C20H23FN6OS/c21-16-3-1-15(2-4-16)13-19(28)22-7-5-17-24-25-18-6-9-26(10-11-27(17)18)14-20-23-8-12-29-20/h1-4,8,12H,5-7,9-11,13-14H2,(H,22,28). The number of nitrogens with zero attached hydrogens (tertiary/aromatic N) is 5. The first-order chi connectivity index (χ1) is 14.2. The summed E-state index contributed by atoms with van der Waals surface area (Å²) in [6, 6.07) is 5.99. The predicted molar refractivity (Wildman–Crippen MR) is 108 cm³/mol. The highest BCUT2D eigenvalue weighted by Gasteiger charge is 2.19. The van der Waals surface area contributed by atoms with Crippen LogP contribution in [0.3, 0.4) is 0 Å². The van der Waals surface area contributed by atoms with Crippen molar-refractivity contribution in [2.45, 2.75) is 32.4 Å². The van der Waals surface area contributed by atoms with E-state index < -0.39 is 0 Å². The Bertz CT molecular complexity index is 941. The number of benzene rings is 1. The van der Waals surface area contributed by atoms with Gasteiger partial charge in [-0.25, -0.2) is 9.37 Å². The van der Waals surface area contributed by atoms with Crippen LogP contribution in [0.1, 0.15) is 22.2 Å². The Hall–Kier alpha value is -2.65. The Balaban J connectivity index is 1.26. The maximum absolute atomic E-state index is 12.9. The van der Waals surface area contributed by atoms with E-state index >= 15 is 0 Å². The van der Waals surface area contributed by atoms with E-state index in [9.17, 15) is 9.18 Å². The van der Waals surface area contributed by atoms with E-state index in [4.69, 9.17) is 0 Å². The van der Waals surface area contributed by atoms with Crippen LogP contribution in [0.25, 0.3) is 0 Å². The van der Waals surface area contributed by atoms with Crippen LogP contribution in [0, 0.1) is 5.82 Å². The molecule has 0 atom stereocenters. The summed E-state index contributed by atoms with van der Waals surface area (Å²) < 4.78 is 15.1. The zero-order valence-electron chi connectivity index (χ0n) is 16.1. The normalized spacial score (nSPS) is 14.4. The van der Waals surface area contributed by atoms with Crippen LogP contribution in [0.15, 0.2) is 35.8 Å². The number of rotatable bonds is 7. The molecule has 29 heavy (non-hydrogen) atoms. The van der Waals surface area contributed by atoms with E-state index in [0.29, 0.717) is 13.0 Å². The first kappa shape index (κ1) is 19.7. The SMILES string of the molecule is O=C(Cc1ccc(F)cc1)NCCc1nnc2n1CCN(Cc1nccs1)CC2. The summed E-state index contributed by atoms with van der Waals surface area (Å²) in [6.07, 6.45) is 3.57. The zero-order valence-corrected chi connectivity index (χ0v) is 16.9. The molecule has 0 saturated carbocycles. The molecule has 4 rings (SSSR count). The van der Waals surface area contributed by atoms with Gasteiger partial charge in [-0.2, -0.15) is 0 Å². The van der Waals surface area contributed by atoms with Gasteiger partial charge in [-0.1, -0.05) is 12.1 Å². The number of carbonyl (C=O) groups excluding carboxylic acids is 1. The molecule has 0 unspecified atom stereocenters. The predicted octanol–water partition coefficient (Wildman–Crippen LogP) is 1.83. The van der Waals surface area contributed by atoms with Crippen LogP contribution < -0.4 is 5.32 Å². The van der Waals surface area contributed by atoms with Gasteiger partial charge in [0, 0.05) is 50.6 Å². The number of fused-ring (bicyclic) bond motifs is 1. The second-order valence-corrected chi connectivity index (χ2v) is 8.02. The summed E-state index contributed by atoms with van der Waals surface area (Å²) in [4.78, 5) is 18.9. The molecular weight excluding hydrogens is 391 g/mol. The molecule has 9 heteroatoms. The molecule has 0 spiro atoms. The van der Waals surface area contributed by atoms with Crippen molar-refractivity contribution in [2.75, 3.05) is 19.6 Å². The van der Waals surface area contributed by atoms with Crippen molar-refractivity contribution in [3.05, 3.63) is 63.9 Å². The third-order valence-corrected chi connectivity index (χ3v) is 5.75. The van der Waals surface area contributed by atoms with Crippen LogP contribution in [-0.2, 0) is 37.1 Å². The Labute approximate surface area is 172 Å². The van der Waals surface area contributed by atoms with Crippen LogP contribution in [0.5, 0.6) is 0 Å². The first-order valence-corrected chi connectivity index (χ1v) is 10.6. The molecule has 0 bridgehead atoms. The number of hydrogen-bond acceptors (Lipinski definition) is 6. The van der Waals surface area contributed by atoms with Crippen molar-refractivity contribution in [2.24, 2.45) is 0 Å². The molecule has 1 amide bonds. The summed E-state index contributed by atoms with van der Waals surface area (Å²) >= 11 is 1.68. The Morgan fingerprint density at radius 1 is 1.17 bits per heavy atom. The minimum Gasteiger partial charge on any atom is -0.355 e. The molecule has 0 radical (unpaired) electrons. The van der Waals surface area contributed by atoms with Gasteiger partial charge in [0.1, 0.15) is 22.5 Å². The van der Waals surface area contributed by atoms with Gasteiger partial charge in [-0.3, -0.25) is 9.69 Å².